The first-order valence-electron chi connectivity index (χ1n) is 9.52. The zero-order chi connectivity index (χ0) is 25.2. The topological polar surface area (TPSA) is 271 Å². The number of carboxylic acid groups (broad SMARTS) is 4. The number of carbonyl (C=O) groups is 4. The van der Waals surface area contributed by atoms with E-state index in [0.29, 0.717) is 6.54 Å². The van der Waals surface area contributed by atoms with E-state index in [4.69, 9.17) is 0 Å². The summed E-state index contributed by atoms with van der Waals surface area (Å²) in [5.41, 5.74) is 13.9. The number of aliphatic carboxylic acids is 4. The molecule has 0 aliphatic carbocycles. The molecule has 0 amide bonds. The summed E-state index contributed by atoms with van der Waals surface area (Å²) in [5.74, 6) is -5.36. The van der Waals surface area contributed by atoms with Crippen molar-refractivity contribution in [3.8, 4) is 0 Å². The SMILES string of the molecule is CC(C[NH3+])C(=O)[O-].CC([NH3+])C(C)C(=O)[O-].CC([NH3+])C(C)C(=O)[O-].CC([NH3+])CC(=O)[O-]. The lowest BCUT2D eigenvalue weighted by atomic mass is 10.1. The maximum Gasteiger partial charge on any atom is 0.0893 e. The molecule has 6 unspecified atom stereocenters. The van der Waals surface area contributed by atoms with Crippen LogP contribution in [0.2, 0.25) is 0 Å². The normalized spacial score (nSPS) is 15.5. The molecule has 0 aliphatic rings. The molecule has 0 radical (unpaired) electrons. The molecule has 0 aromatic rings. The first kappa shape index (κ1) is 35.2. The van der Waals surface area contributed by atoms with Crippen LogP contribution in [0, 0.1) is 17.8 Å². The number of hydrogen-bond donors (Lipinski definition) is 4. The Morgan fingerprint density at radius 3 is 0.967 bits per heavy atom. The van der Waals surface area contributed by atoms with E-state index in [2.05, 4.69) is 22.9 Å². The number of carboxylic acids is 4. The molecule has 0 rings (SSSR count). The zero-order valence-corrected chi connectivity index (χ0v) is 19.0. The summed E-state index contributed by atoms with van der Waals surface area (Å²) in [7, 11) is 0. The summed E-state index contributed by atoms with van der Waals surface area (Å²) in [6.45, 7) is 10.4. The standard InChI is InChI=1S/2C5H11NO2.2C4H9NO2/c2*1-3(4(2)6)5(7)8;1-3(2-5)4(6)7;1-3(5)2-4(6)7/h2*3-4H,6H2,1-2H3,(H,7,8);2*3H,2,5H2,1H3,(H,6,7). The Kier molecular flexibility index (Phi) is 23.5. The lowest BCUT2D eigenvalue weighted by Crippen LogP contribution is -2.64. The monoisotopic (exact) mass is 440 g/mol. The average molecular weight is 441 g/mol. The Bertz CT molecular complexity index is 475. The Morgan fingerprint density at radius 1 is 0.667 bits per heavy atom. The van der Waals surface area contributed by atoms with Crippen molar-refractivity contribution in [2.24, 2.45) is 17.8 Å². The van der Waals surface area contributed by atoms with Crippen molar-refractivity contribution in [3.63, 3.8) is 0 Å². The van der Waals surface area contributed by atoms with E-state index < -0.39 is 41.6 Å². The van der Waals surface area contributed by atoms with Crippen LogP contribution in [0.3, 0.4) is 0 Å². The van der Waals surface area contributed by atoms with E-state index in [1.807, 2.05) is 0 Å². The molecule has 0 spiro atoms. The summed E-state index contributed by atoms with van der Waals surface area (Å²) in [4.78, 5) is 39.4. The van der Waals surface area contributed by atoms with Crippen LogP contribution >= 0.6 is 0 Å². The van der Waals surface area contributed by atoms with Gasteiger partial charge in [-0.2, -0.15) is 0 Å². The van der Waals surface area contributed by atoms with Crippen LogP contribution in [0.4, 0.5) is 0 Å². The first-order valence-corrected chi connectivity index (χ1v) is 9.52. The van der Waals surface area contributed by atoms with Crippen LogP contribution in [0.1, 0.15) is 48.0 Å². The molecular weight excluding hydrogens is 400 g/mol. The highest BCUT2D eigenvalue weighted by Gasteiger charge is 2.10. The highest BCUT2D eigenvalue weighted by atomic mass is 16.4. The molecule has 12 nitrogen and oxygen atoms in total. The van der Waals surface area contributed by atoms with E-state index in [9.17, 15) is 39.6 Å². The summed E-state index contributed by atoms with van der Waals surface area (Å²) in [6, 6.07) is -0.176. The predicted molar refractivity (Wildman–Crippen MR) is 96.9 cm³/mol. The van der Waals surface area contributed by atoms with Gasteiger partial charge in [0, 0.05) is 36.1 Å². The number of quaternary nitrogens is 4. The molecule has 0 bridgehead atoms. The Labute approximate surface area is 177 Å². The molecule has 0 heterocycles. The molecule has 0 aromatic heterocycles. The largest absolute Gasteiger partial charge is 0.550 e. The van der Waals surface area contributed by atoms with Crippen LogP contribution in [0.15, 0.2) is 0 Å². The minimum Gasteiger partial charge on any atom is -0.550 e. The number of hydrogen-bond acceptors (Lipinski definition) is 8. The van der Waals surface area contributed by atoms with Crippen molar-refractivity contribution < 1.29 is 62.5 Å². The lowest BCUT2D eigenvalue weighted by Gasteiger charge is -2.12. The van der Waals surface area contributed by atoms with Crippen LogP contribution in [-0.2, 0) is 19.2 Å². The Balaban J connectivity index is -0.000000151. The molecule has 12 heteroatoms. The highest BCUT2D eigenvalue weighted by molar-refractivity contribution is 5.68. The van der Waals surface area contributed by atoms with Crippen LogP contribution in [-0.4, -0.2) is 48.5 Å². The summed E-state index contributed by atoms with van der Waals surface area (Å²) in [6.07, 6.45) is 0.0556. The lowest BCUT2D eigenvalue weighted by molar-refractivity contribution is -0.430. The van der Waals surface area contributed by atoms with Crippen molar-refractivity contribution in [2.45, 2.75) is 66.1 Å². The van der Waals surface area contributed by atoms with Gasteiger partial charge in [-0.05, 0) is 20.8 Å². The van der Waals surface area contributed by atoms with Gasteiger partial charge in [-0.1, -0.05) is 20.8 Å². The highest BCUT2D eigenvalue weighted by Crippen LogP contribution is 1.94. The van der Waals surface area contributed by atoms with Crippen molar-refractivity contribution in [1.82, 2.24) is 0 Å². The van der Waals surface area contributed by atoms with E-state index in [1.54, 1.807) is 41.5 Å². The summed E-state index contributed by atoms with van der Waals surface area (Å²) < 4.78 is 0. The van der Waals surface area contributed by atoms with Gasteiger partial charge in [0.2, 0.25) is 0 Å². The van der Waals surface area contributed by atoms with Gasteiger partial charge in [-0.25, -0.2) is 0 Å². The summed E-state index contributed by atoms with van der Waals surface area (Å²) >= 11 is 0. The molecule has 0 aliphatic heterocycles. The minimum absolute atomic E-state index is 0.0370. The third-order valence-electron chi connectivity index (χ3n) is 3.80. The van der Waals surface area contributed by atoms with Crippen molar-refractivity contribution in [1.29, 1.82) is 0 Å². The maximum atomic E-state index is 9.99. The van der Waals surface area contributed by atoms with E-state index in [1.165, 1.54) is 0 Å². The smallest absolute Gasteiger partial charge is 0.0893 e. The molecular formula is C18H40N4O8. The molecule has 0 aromatic carbocycles. The minimum atomic E-state index is -1.03. The van der Waals surface area contributed by atoms with E-state index in [-0.39, 0.29) is 24.5 Å². The fourth-order valence-electron chi connectivity index (χ4n) is 0.867. The van der Waals surface area contributed by atoms with Crippen LogP contribution in [0.5, 0.6) is 0 Å². The fourth-order valence-corrected chi connectivity index (χ4v) is 0.867. The quantitative estimate of drug-likeness (QED) is 0.280. The number of rotatable bonds is 8. The van der Waals surface area contributed by atoms with E-state index >= 15 is 0 Å². The molecule has 0 saturated heterocycles. The molecule has 0 fully saturated rings. The van der Waals surface area contributed by atoms with Crippen LogP contribution < -0.4 is 43.4 Å². The van der Waals surface area contributed by atoms with Gasteiger partial charge in [0.25, 0.3) is 0 Å². The number of carbonyl (C=O) groups excluding carboxylic acids is 4. The second kappa shape index (κ2) is 20.0. The Hall–Kier alpha value is -2.28. The van der Waals surface area contributed by atoms with Crippen molar-refractivity contribution >= 4 is 23.9 Å². The maximum absolute atomic E-state index is 9.99. The van der Waals surface area contributed by atoms with Gasteiger partial charge in [-0.3, -0.25) is 0 Å². The third-order valence-corrected chi connectivity index (χ3v) is 3.80. The van der Waals surface area contributed by atoms with Gasteiger partial charge in [0.1, 0.15) is 0 Å². The van der Waals surface area contributed by atoms with Gasteiger partial charge in [0.05, 0.1) is 36.6 Å². The fraction of sp³-hybridized carbons (Fsp3) is 0.778. The average Bonchev–Trinajstić information content (AvgIpc) is 2.59. The molecule has 30 heavy (non-hydrogen) atoms. The zero-order valence-electron chi connectivity index (χ0n) is 19.0. The second-order valence-electron chi connectivity index (χ2n) is 7.36. The molecule has 0 saturated carbocycles. The second-order valence-corrected chi connectivity index (χ2v) is 7.36. The van der Waals surface area contributed by atoms with Crippen molar-refractivity contribution in [3.05, 3.63) is 0 Å². The van der Waals surface area contributed by atoms with Gasteiger partial charge >= 0.3 is 0 Å². The molecule has 180 valence electrons. The Morgan fingerprint density at radius 2 is 0.967 bits per heavy atom. The van der Waals surface area contributed by atoms with Crippen molar-refractivity contribution in [2.75, 3.05) is 6.54 Å². The first-order chi connectivity index (χ1) is 13.4. The van der Waals surface area contributed by atoms with Gasteiger partial charge in [-0.15, -0.1) is 0 Å². The van der Waals surface area contributed by atoms with Gasteiger partial charge in [0.15, 0.2) is 0 Å². The van der Waals surface area contributed by atoms with Gasteiger partial charge < -0.3 is 62.5 Å². The van der Waals surface area contributed by atoms with Crippen LogP contribution in [0.25, 0.3) is 0 Å². The van der Waals surface area contributed by atoms with E-state index in [0.717, 1.165) is 0 Å². The molecule has 6 atom stereocenters. The third kappa shape index (κ3) is 27.9. The summed E-state index contributed by atoms with van der Waals surface area (Å²) in [5, 5.41) is 39.4. The molecule has 12 N–H and O–H groups in total. The predicted octanol–water partition coefficient (Wildman–Crippen LogP) is -8.62.